The Balaban J connectivity index is 2.38. The number of alkyl halides is 1. The Morgan fingerprint density at radius 3 is 2.50 bits per heavy atom. The van der Waals surface area contributed by atoms with Crippen LogP contribution in [0.1, 0.15) is 65.2 Å². The van der Waals surface area contributed by atoms with Gasteiger partial charge in [0, 0.05) is 17.8 Å². The number of hydrogen-bond acceptors (Lipinski definition) is 1. The minimum Gasteiger partial charge on any atom is -0.355 e. The molecule has 1 N–H and O–H groups in total. The van der Waals surface area contributed by atoms with E-state index in [1.807, 2.05) is 0 Å². The molecule has 0 spiro atoms. The summed E-state index contributed by atoms with van der Waals surface area (Å²) >= 11 is 3.63. The van der Waals surface area contributed by atoms with Gasteiger partial charge in [-0.05, 0) is 31.1 Å². The Kier molecular flexibility index (Phi) is 7.28. The average molecular weight is 318 g/mol. The maximum Gasteiger partial charge on any atom is 0.223 e. The van der Waals surface area contributed by atoms with Crippen molar-refractivity contribution in [2.24, 2.45) is 11.3 Å². The van der Waals surface area contributed by atoms with Gasteiger partial charge < -0.3 is 5.32 Å². The maximum absolute atomic E-state index is 12.2. The quantitative estimate of drug-likeness (QED) is 0.665. The first-order chi connectivity index (χ1) is 8.67. The lowest BCUT2D eigenvalue weighted by Crippen LogP contribution is -2.39. The summed E-state index contributed by atoms with van der Waals surface area (Å²) in [5.74, 6) is 0.497. The van der Waals surface area contributed by atoms with Crippen molar-refractivity contribution in [3.8, 4) is 0 Å². The summed E-state index contributed by atoms with van der Waals surface area (Å²) in [5.41, 5.74) is 0.332. The Hall–Kier alpha value is -0.0500. The lowest BCUT2D eigenvalue weighted by atomic mass is 9.88. The van der Waals surface area contributed by atoms with Crippen LogP contribution in [0.25, 0.3) is 0 Å². The number of amides is 1. The molecule has 0 heterocycles. The van der Waals surface area contributed by atoms with Gasteiger partial charge in [-0.15, -0.1) is 0 Å². The summed E-state index contributed by atoms with van der Waals surface area (Å²) in [6.45, 7) is 5.17. The van der Waals surface area contributed by atoms with E-state index in [1.54, 1.807) is 0 Å². The molecule has 0 aromatic heterocycles. The van der Waals surface area contributed by atoms with Crippen molar-refractivity contribution in [1.82, 2.24) is 5.32 Å². The van der Waals surface area contributed by atoms with Crippen LogP contribution in [0.15, 0.2) is 0 Å². The molecule has 1 aliphatic rings. The summed E-state index contributed by atoms with van der Waals surface area (Å²) in [6, 6.07) is 0. The second kappa shape index (κ2) is 8.19. The number of rotatable bonds is 8. The summed E-state index contributed by atoms with van der Waals surface area (Å²) in [4.78, 5) is 12.2. The topological polar surface area (TPSA) is 29.1 Å². The standard InChI is InChI=1S/C15H28BrNO/c1-3-5-8-13(4-2)14(18)17-12-15(11-16)9-6-7-10-15/h13H,3-12H2,1-2H3,(H,17,18). The van der Waals surface area contributed by atoms with E-state index >= 15 is 0 Å². The van der Waals surface area contributed by atoms with E-state index in [-0.39, 0.29) is 11.8 Å². The normalized spacial score (nSPS) is 19.7. The maximum atomic E-state index is 12.2. The van der Waals surface area contributed by atoms with Gasteiger partial charge in [0.05, 0.1) is 0 Å². The van der Waals surface area contributed by atoms with Crippen LogP contribution in [0, 0.1) is 11.3 Å². The van der Waals surface area contributed by atoms with Crippen LogP contribution >= 0.6 is 15.9 Å². The van der Waals surface area contributed by atoms with Crippen molar-refractivity contribution in [2.45, 2.75) is 65.2 Å². The molecule has 1 rings (SSSR count). The summed E-state index contributed by atoms with van der Waals surface area (Å²) in [6.07, 6.45) is 9.48. The molecule has 0 aliphatic heterocycles. The molecule has 1 saturated carbocycles. The van der Waals surface area contributed by atoms with Crippen LogP contribution in [0.3, 0.4) is 0 Å². The van der Waals surface area contributed by atoms with E-state index in [0.717, 1.165) is 31.1 Å². The fourth-order valence-electron chi connectivity index (χ4n) is 2.87. The van der Waals surface area contributed by atoms with E-state index < -0.39 is 0 Å². The Morgan fingerprint density at radius 1 is 1.33 bits per heavy atom. The molecule has 1 fully saturated rings. The molecule has 1 atom stereocenters. The highest BCUT2D eigenvalue weighted by Crippen LogP contribution is 2.39. The summed E-state index contributed by atoms with van der Waals surface area (Å²) in [5, 5.41) is 4.23. The van der Waals surface area contributed by atoms with E-state index in [9.17, 15) is 4.79 Å². The van der Waals surface area contributed by atoms with Gasteiger partial charge >= 0.3 is 0 Å². The van der Waals surface area contributed by atoms with Gasteiger partial charge in [-0.25, -0.2) is 0 Å². The van der Waals surface area contributed by atoms with Gasteiger partial charge in [0.2, 0.25) is 5.91 Å². The largest absolute Gasteiger partial charge is 0.355 e. The van der Waals surface area contributed by atoms with Gasteiger partial charge in [0.25, 0.3) is 0 Å². The fourth-order valence-corrected chi connectivity index (χ4v) is 3.63. The average Bonchev–Trinajstić information content (AvgIpc) is 2.87. The number of halogens is 1. The second-order valence-electron chi connectivity index (χ2n) is 5.81. The monoisotopic (exact) mass is 317 g/mol. The SMILES string of the molecule is CCCCC(CC)C(=O)NCC1(CBr)CCCC1. The minimum atomic E-state index is 0.221. The Labute approximate surface area is 120 Å². The van der Waals surface area contributed by atoms with Crippen LogP contribution < -0.4 is 5.32 Å². The highest BCUT2D eigenvalue weighted by atomic mass is 79.9. The van der Waals surface area contributed by atoms with Crippen molar-refractivity contribution in [3.05, 3.63) is 0 Å². The molecule has 0 aromatic rings. The second-order valence-corrected chi connectivity index (χ2v) is 6.37. The number of unbranched alkanes of at least 4 members (excludes halogenated alkanes) is 1. The fraction of sp³-hybridized carbons (Fsp3) is 0.933. The van der Waals surface area contributed by atoms with Gasteiger partial charge in [-0.2, -0.15) is 0 Å². The van der Waals surface area contributed by atoms with Crippen molar-refractivity contribution in [1.29, 1.82) is 0 Å². The first kappa shape index (κ1) is 16.0. The molecule has 106 valence electrons. The molecule has 1 aliphatic carbocycles. The first-order valence-corrected chi connectivity index (χ1v) is 8.63. The number of carbonyl (C=O) groups is 1. The summed E-state index contributed by atoms with van der Waals surface area (Å²) in [7, 11) is 0. The zero-order chi connectivity index (χ0) is 13.4. The number of nitrogens with one attached hydrogen (secondary N) is 1. The third-order valence-electron chi connectivity index (χ3n) is 4.36. The van der Waals surface area contributed by atoms with Gasteiger partial charge in [-0.3, -0.25) is 4.79 Å². The van der Waals surface area contributed by atoms with Crippen LogP contribution in [-0.4, -0.2) is 17.8 Å². The third-order valence-corrected chi connectivity index (χ3v) is 5.54. The van der Waals surface area contributed by atoms with Crippen LogP contribution in [0.4, 0.5) is 0 Å². The predicted molar refractivity (Wildman–Crippen MR) is 81.0 cm³/mol. The van der Waals surface area contributed by atoms with Crippen molar-refractivity contribution < 1.29 is 4.79 Å². The smallest absolute Gasteiger partial charge is 0.223 e. The minimum absolute atomic E-state index is 0.221. The molecular weight excluding hydrogens is 290 g/mol. The molecule has 3 heteroatoms. The molecule has 18 heavy (non-hydrogen) atoms. The van der Waals surface area contributed by atoms with Crippen molar-refractivity contribution in [2.75, 3.05) is 11.9 Å². The molecular formula is C15H28BrNO. The lowest BCUT2D eigenvalue weighted by molar-refractivity contribution is -0.125. The molecule has 1 amide bonds. The van der Waals surface area contributed by atoms with Gasteiger partial charge in [0.1, 0.15) is 0 Å². The van der Waals surface area contributed by atoms with E-state index in [0.29, 0.717) is 5.41 Å². The van der Waals surface area contributed by atoms with Crippen molar-refractivity contribution >= 4 is 21.8 Å². The number of carbonyl (C=O) groups excluding carboxylic acids is 1. The molecule has 0 aromatic carbocycles. The molecule has 0 saturated heterocycles. The van der Waals surface area contributed by atoms with Crippen molar-refractivity contribution in [3.63, 3.8) is 0 Å². The van der Waals surface area contributed by atoms with E-state index in [2.05, 4.69) is 35.1 Å². The molecule has 0 bridgehead atoms. The zero-order valence-electron chi connectivity index (χ0n) is 11.9. The molecule has 1 unspecified atom stereocenters. The molecule has 0 radical (unpaired) electrons. The van der Waals surface area contributed by atoms with Crippen LogP contribution in [0.2, 0.25) is 0 Å². The lowest BCUT2D eigenvalue weighted by Gasteiger charge is -2.27. The highest BCUT2D eigenvalue weighted by Gasteiger charge is 2.33. The van der Waals surface area contributed by atoms with E-state index in [4.69, 9.17) is 0 Å². The zero-order valence-corrected chi connectivity index (χ0v) is 13.5. The third kappa shape index (κ3) is 4.56. The Bertz CT molecular complexity index is 249. The van der Waals surface area contributed by atoms with Crippen LogP contribution in [0.5, 0.6) is 0 Å². The van der Waals surface area contributed by atoms with E-state index in [1.165, 1.54) is 32.1 Å². The van der Waals surface area contributed by atoms with Gasteiger partial charge in [0.15, 0.2) is 0 Å². The molecule has 2 nitrogen and oxygen atoms in total. The van der Waals surface area contributed by atoms with Crippen LogP contribution in [-0.2, 0) is 4.79 Å². The highest BCUT2D eigenvalue weighted by molar-refractivity contribution is 9.09. The number of hydrogen-bond donors (Lipinski definition) is 1. The Morgan fingerprint density at radius 2 is 2.00 bits per heavy atom. The first-order valence-electron chi connectivity index (χ1n) is 7.51. The van der Waals surface area contributed by atoms with Gasteiger partial charge in [-0.1, -0.05) is 55.5 Å². The predicted octanol–water partition coefficient (Wildman–Crippen LogP) is 4.27. The summed E-state index contributed by atoms with van der Waals surface area (Å²) < 4.78 is 0.